The normalized spacial score (nSPS) is 41.3. The van der Waals surface area contributed by atoms with Crippen molar-refractivity contribution >= 4 is 0 Å². The van der Waals surface area contributed by atoms with Crippen LogP contribution in [0.1, 0.15) is 56.1 Å². The molecule has 0 aromatic heterocycles. The van der Waals surface area contributed by atoms with Crippen molar-refractivity contribution in [3.8, 4) is 11.5 Å². The lowest BCUT2D eigenvalue weighted by Crippen LogP contribution is -2.49. The summed E-state index contributed by atoms with van der Waals surface area (Å²) >= 11 is 0. The topological polar surface area (TPSA) is 56.0 Å². The molecule has 4 bridgehead atoms. The molecule has 8 rings (SSSR count). The second-order valence-corrected chi connectivity index (χ2v) is 11.1. The van der Waals surface area contributed by atoms with Gasteiger partial charge >= 0.3 is 0 Å². The second-order valence-electron chi connectivity index (χ2n) is 11.1. The Morgan fingerprint density at radius 3 is 1.94 bits per heavy atom. The van der Waals surface area contributed by atoms with Gasteiger partial charge in [-0.3, -0.25) is 0 Å². The summed E-state index contributed by atoms with van der Waals surface area (Å²) in [6.45, 7) is 3.76. The van der Waals surface area contributed by atoms with E-state index in [1.54, 1.807) is 5.56 Å². The first-order chi connectivity index (χ1) is 15.2. The molecular formula is C26H34O5. The summed E-state index contributed by atoms with van der Waals surface area (Å²) < 4.78 is 29.1. The summed E-state index contributed by atoms with van der Waals surface area (Å²) in [4.78, 5) is 0. The minimum absolute atomic E-state index is 0.238. The van der Waals surface area contributed by atoms with Crippen molar-refractivity contribution < 1.29 is 23.7 Å². The summed E-state index contributed by atoms with van der Waals surface area (Å²) in [5.74, 6) is 4.65. The molecule has 7 fully saturated rings. The Hall–Kier alpha value is -1.30. The van der Waals surface area contributed by atoms with E-state index in [9.17, 15) is 0 Å². The SMILES string of the molecule is c1cc(C23CC4CC(CC(C4)C2)C3)c(CC[C@H]2CO2)c(OCC2CO2)c1OCC1CO1. The Kier molecular flexibility index (Phi) is 4.56. The maximum absolute atomic E-state index is 6.47. The summed E-state index contributed by atoms with van der Waals surface area (Å²) in [6, 6.07) is 4.59. The van der Waals surface area contributed by atoms with Gasteiger partial charge in [-0.15, -0.1) is 0 Å². The molecule has 7 aliphatic rings. The lowest BCUT2D eigenvalue weighted by Gasteiger charge is -2.57. The van der Waals surface area contributed by atoms with Crippen molar-refractivity contribution in [3.05, 3.63) is 23.3 Å². The van der Waals surface area contributed by atoms with Gasteiger partial charge < -0.3 is 23.7 Å². The van der Waals surface area contributed by atoms with Crippen LogP contribution < -0.4 is 9.47 Å². The predicted octanol–water partition coefficient (Wildman–Crippen LogP) is 4.04. The van der Waals surface area contributed by atoms with Crippen molar-refractivity contribution in [2.75, 3.05) is 33.0 Å². The molecule has 2 unspecified atom stereocenters. The fourth-order valence-corrected chi connectivity index (χ4v) is 7.29. The maximum atomic E-state index is 6.47. The fraction of sp³-hybridized carbons (Fsp3) is 0.769. The number of rotatable bonds is 10. The highest BCUT2D eigenvalue weighted by atomic mass is 16.6. The summed E-state index contributed by atoms with van der Waals surface area (Å²) in [5.41, 5.74) is 3.31. The highest BCUT2D eigenvalue weighted by Gasteiger charge is 2.52. The maximum Gasteiger partial charge on any atom is 0.164 e. The van der Waals surface area contributed by atoms with Gasteiger partial charge in [-0.2, -0.15) is 0 Å². The monoisotopic (exact) mass is 426 g/mol. The number of epoxide rings is 3. The Bertz CT molecular complexity index is 803. The molecule has 3 atom stereocenters. The first kappa shape index (κ1) is 19.2. The molecule has 4 saturated carbocycles. The number of benzene rings is 1. The van der Waals surface area contributed by atoms with Crippen LogP contribution in [0.2, 0.25) is 0 Å². The van der Waals surface area contributed by atoms with Crippen LogP contribution in [0.3, 0.4) is 0 Å². The van der Waals surface area contributed by atoms with Crippen molar-refractivity contribution in [1.29, 1.82) is 0 Å². The smallest absolute Gasteiger partial charge is 0.164 e. The molecule has 4 aliphatic carbocycles. The summed E-state index contributed by atoms with van der Waals surface area (Å²) in [6.07, 6.45) is 11.5. The minimum Gasteiger partial charge on any atom is -0.487 e. The largest absolute Gasteiger partial charge is 0.487 e. The van der Waals surface area contributed by atoms with Gasteiger partial charge in [-0.05, 0) is 86.2 Å². The molecular weight excluding hydrogens is 392 g/mol. The highest BCUT2D eigenvalue weighted by molar-refractivity contribution is 5.54. The zero-order valence-corrected chi connectivity index (χ0v) is 18.4. The summed E-state index contributed by atoms with van der Waals surface area (Å²) in [5, 5.41) is 0. The van der Waals surface area contributed by atoms with Crippen LogP contribution >= 0.6 is 0 Å². The van der Waals surface area contributed by atoms with E-state index in [4.69, 9.17) is 23.7 Å². The molecule has 1 aromatic rings. The van der Waals surface area contributed by atoms with Gasteiger partial charge in [0.05, 0.1) is 25.9 Å². The van der Waals surface area contributed by atoms with Crippen LogP contribution in [-0.4, -0.2) is 51.3 Å². The van der Waals surface area contributed by atoms with Gasteiger partial charge in [0.2, 0.25) is 0 Å². The van der Waals surface area contributed by atoms with E-state index in [0.717, 1.165) is 61.9 Å². The van der Waals surface area contributed by atoms with Gasteiger partial charge in [-0.1, -0.05) is 6.07 Å². The lowest BCUT2D eigenvalue weighted by atomic mass is 9.47. The molecule has 5 nitrogen and oxygen atoms in total. The van der Waals surface area contributed by atoms with E-state index < -0.39 is 0 Å². The number of ether oxygens (including phenoxy) is 5. The predicted molar refractivity (Wildman–Crippen MR) is 115 cm³/mol. The van der Waals surface area contributed by atoms with E-state index in [1.807, 2.05) is 0 Å². The molecule has 3 saturated heterocycles. The molecule has 0 amide bonds. The lowest BCUT2D eigenvalue weighted by molar-refractivity contribution is -0.00576. The van der Waals surface area contributed by atoms with Crippen LogP contribution in [0.15, 0.2) is 12.1 Å². The number of hydrogen-bond acceptors (Lipinski definition) is 5. The number of hydrogen-bond donors (Lipinski definition) is 0. The molecule has 5 heteroatoms. The first-order valence-electron chi connectivity index (χ1n) is 12.5. The zero-order valence-electron chi connectivity index (χ0n) is 18.4. The van der Waals surface area contributed by atoms with E-state index >= 15 is 0 Å². The molecule has 3 aliphatic heterocycles. The van der Waals surface area contributed by atoms with E-state index in [2.05, 4.69) is 12.1 Å². The third kappa shape index (κ3) is 3.87. The van der Waals surface area contributed by atoms with Crippen molar-refractivity contribution in [2.45, 2.75) is 75.1 Å². The Labute approximate surface area is 184 Å². The average Bonchev–Trinajstić information content (AvgIpc) is 3.60. The van der Waals surface area contributed by atoms with Gasteiger partial charge in [0.25, 0.3) is 0 Å². The molecule has 1 aromatic carbocycles. The van der Waals surface area contributed by atoms with Gasteiger partial charge in [0.15, 0.2) is 11.5 Å². The van der Waals surface area contributed by atoms with E-state index in [0.29, 0.717) is 24.7 Å². The van der Waals surface area contributed by atoms with Crippen LogP contribution in [-0.2, 0) is 26.0 Å². The zero-order chi connectivity index (χ0) is 20.4. The third-order valence-electron chi connectivity index (χ3n) is 8.60. The van der Waals surface area contributed by atoms with Crippen LogP contribution in [0.25, 0.3) is 0 Å². The standard InChI is InChI=1S/C26H34O5/c1(19-11-27-19)2-22-23(26-8-16-5-17(9-26)7-18(6-16)10-26)3-4-24(30-14-20-12-28-20)25(22)31-15-21-13-29-21/h3-4,16-21H,1-2,5-15H2/t16?,17?,18?,19-,20?,21?,26?/m0/s1. The highest BCUT2D eigenvalue weighted by Crippen LogP contribution is 2.62. The average molecular weight is 427 g/mol. The molecule has 0 spiro atoms. The van der Waals surface area contributed by atoms with Gasteiger partial charge in [0, 0.05) is 5.56 Å². The molecule has 3 heterocycles. The molecule has 31 heavy (non-hydrogen) atoms. The van der Waals surface area contributed by atoms with Crippen LogP contribution in [0, 0.1) is 17.8 Å². The minimum atomic E-state index is 0.238. The van der Waals surface area contributed by atoms with Crippen molar-refractivity contribution in [2.24, 2.45) is 17.8 Å². The van der Waals surface area contributed by atoms with Gasteiger partial charge in [-0.25, -0.2) is 0 Å². The van der Waals surface area contributed by atoms with E-state index in [-0.39, 0.29) is 12.2 Å². The van der Waals surface area contributed by atoms with E-state index in [1.165, 1.54) is 44.1 Å². The molecule has 168 valence electrons. The quantitative estimate of drug-likeness (QED) is 0.529. The molecule has 0 N–H and O–H groups in total. The fourth-order valence-electron chi connectivity index (χ4n) is 7.29. The van der Waals surface area contributed by atoms with Crippen LogP contribution in [0.4, 0.5) is 0 Å². The van der Waals surface area contributed by atoms with Crippen molar-refractivity contribution in [1.82, 2.24) is 0 Å². The molecule has 0 radical (unpaired) electrons. The first-order valence-corrected chi connectivity index (χ1v) is 12.5. The Morgan fingerprint density at radius 1 is 0.774 bits per heavy atom. The second kappa shape index (κ2) is 7.36. The Balaban J connectivity index is 1.26. The third-order valence-corrected chi connectivity index (χ3v) is 8.60. The van der Waals surface area contributed by atoms with Crippen LogP contribution in [0.5, 0.6) is 11.5 Å². The summed E-state index contributed by atoms with van der Waals surface area (Å²) in [7, 11) is 0. The van der Waals surface area contributed by atoms with Gasteiger partial charge in [0.1, 0.15) is 25.4 Å². The Morgan fingerprint density at radius 2 is 1.35 bits per heavy atom. The van der Waals surface area contributed by atoms with Crippen molar-refractivity contribution in [3.63, 3.8) is 0 Å².